The number of aliphatic hydroxyl groups is 1. The number of nitrogens with one attached hydrogen (secondary N) is 1. The molecule has 3 amide bonds. The minimum Gasteiger partial charge on any atom is -0.490 e. The third kappa shape index (κ3) is 10.0. The van der Waals surface area contributed by atoms with Crippen LogP contribution >= 0.6 is 0 Å². The van der Waals surface area contributed by atoms with Crippen LogP contribution in [-0.4, -0.2) is 84.2 Å². The summed E-state index contributed by atoms with van der Waals surface area (Å²) in [5, 5.41) is 13.3. The van der Waals surface area contributed by atoms with E-state index in [2.05, 4.69) is 5.32 Å². The van der Waals surface area contributed by atoms with E-state index in [1.807, 2.05) is 51.1 Å². The molecule has 2 N–H and O–H groups in total. The van der Waals surface area contributed by atoms with Gasteiger partial charge in [-0.25, -0.2) is 0 Å². The van der Waals surface area contributed by atoms with Crippen molar-refractivity contribution >= 4 is 23.4 Å². The molecule has 1 aliphatic carbocycles. The number of hydrogen-bond donors (Lipinski definition) is 2. The molecule has 2 aliphatic rings. The van der Waals surface area contributed by atoms with Crippen molar-refractivity contribution in [3.63, 3.8) is 0 Å². The number of hydrogen-bond acceptors (Lipinski definition) is 6. The summed E-state index contributed by atoms with van der Waals surface area (Å²) >= 11 is 0. The molecule has 1 heterocycles. The predicted molar refractivity (Wildman–Crippen MR) is 180 cm³/mol. The Bertz CT molecular complexity index is 1280. The van der Waals surface area contributed by atoms with E-state index in [4.69, 9.17) is 9.47 Å². The highest BCUT2D eigenvalue weighted by molar-refractivity contribution is 6.00. The molecule has 4 rings (SSSR count). The lowest BCUT2D eigenvalue weighted by atomic mass is 9.88. The number of benzene rings is 2. The normalized spacial score (nSPS) is 22.6. The first kappa shape index (κ1) is 35.4. The molecule has 0 bridgehead atoms. The number of amides is 3. The number of fused-ring (bicyclic) bond motifs is 1. The van der Waals surface area contributed by atoms with Gasteiger partial charge in [0.25, 0.3) is 5.91 Å². The third-order valence-electron chi connectivity index (χ3n) is 9.37. The largest absolute Gasteiger partial charge is 0.490 e. The van der Waals surface area contributed by atoms with Crippen molar-refractivity contribution in [3.8, 4) is 5.75 Å². The standard InChI is InChI=1S/C37H53N3O6/c1-26-23-40(27(2)25-41)37(44)32-22-31(38-36(43)30-16-9-6-10-17-30)18-19-33(32)46-28(3)13-11-12-20-45-34(26)24-39(4)35(42)21-29-14-7-5-8-15-29/h5,7-8,14-15,18-19,22,26-28,30,34,41H,6,9-13,16-17,20-21,23-25H2,1-4H3,(H,38,43)/t26-,27-,28-,34+/m0/s1. The molecule has 1 aliphatic heterocycles. The average molecular weight is 636 g/mol. The number of carbonyl (C=O) groups excluding carboxylic acids is 3. The van der Waals surface area contributed by atoms with Gasteiger partial charge in [0.15, 0.2) is 0 Å². The fourth-order valence-corrected chi connectivity index (χ4v) is 6.35. The van der Waals surface area contributed by atoms with Crippen LogP contribution in [0.2, 0.25) is 0 Å². The van der Waals surface area contributed by atoms with Crippen LogP contribution in [0.1, 0.15) is 88.1 Å². The lowest BCUT2D eigenvalue weighted by Crippen LogP contribution is -2.48. The molecule has 46 heavy (non-hydrogen) atoms. The first-order valence-electron chi connectivity index (χ1n) is 17.1. The topological polar surface area (TPSA) is 108 Å². The predicted octanol–water partition coefficient (Wildman–Crippen LogP) is 5.70. The second-order valence-electron chi connectivity index (χ2n) is 13.3. The molecule has 2 aromatic rings. The molecule has 9 heteroatoms. The van der Waals surface area contributed by atoms with Gasteiger partial charge in [-0.1, -0.05) is 56.5 Å². The number of aliphatic hydroxyl groups excluding tert-OH is 1. The van der Waals surface area contributed by atoms with Gasteiger partial charge in [0.2, 0.25) is 11.8 Å². The zero-order valence-corrected chi connectivity index (χ0v) is 28.1. The molecule has 0 unspecified atom stereocenters. The Morgan fingerprint density at radius 1 is 1.02 bits per heavy atom. The number of rotatable bonds is 8. The van der Waals surface area contributed by atoms with Crippen molar-refractivity contribution in [2.24, 2.45) is 11.8 Å². The van der Waals surface area contributed by atoms with Crippen LogP contribution in [0.15, 0.2) is 48.5 Å². The quantitative estimate of drug-likeness (QED) is 0.385. The molecule has 0 radical (unpaired) electrons. The summed E-state index contributed by atoms with van der Waals surface area (Å²) in [5.74, 6) is 0.00468. The summed E-state index contributed by atoms with van der Waals surface area (Å²) in [6, 6.07) is 14.5. The van der Waals surface area contributed by atoms with Crippen LogP contribution in [0.3, 0.4) is 0 Å². The van der Waals surface area contributed by atoms with Gasteiger partial charge in [-0.15, -0.1) is 0 Å². The first-order chi connectivity index (χ1) is 22.2. The van der Waals surface area contributed by atoms with Crippen molar-refractivity contribution in [1.29, 1.82) is 0 Å². The van der Waals surface area contributed by atoms with E-state index in [9.17, 15) is 19.5 Å². The van der Waals surface area contributed by atoms with Gasteiger partial charge in [-0.05, 0) is 69.7 Å². The number of nitrogens with zero attached hydrogens (tertiary/aromatic N) is 2. The van der Waals surface area contributed by atoms with Gasteiger partial charge in [-0.3, -0.25) is 14.4 Å². The van der Waals surface area contributed by atoms with Crippen molar-refractivity contribution in [1.82, 2.24) is 9.80 Å². The van der Waals surface area contributed by atoms with Gasteiger partial charge in [0.05, 0.1) is 36.8 Å². The molecular formula is C37H53N3O6. The zero-order valence-electron chi connectivity index (χ0n) is 28.1. The average Bonchev–Trinajstić information content (AvgIpc) is 3.06. The summed E-state index contributed by atoms with van der Waals surface area (Å²) in [7, 11) is 1.80. The Labute approximate surface area is 274 Å². The number of ether oxygens (including phenoxy) is 2. The van der Waals surface area contributed by atoms with Gasteiger partial charge < -0.3 is 29.7 Å². The fourth-order valence-electron chi connectivity index (χ4n) is 6.35. The minimum atomic E-state index is -0.480. The molecule has 0 spiro atoms. The molecule has 9 nitrogen and oxygen atoms in total. The molecule has 252 valence electrons. The van der Waals surface area contributed by atoms with E-state index < -0.39 is 6.04 Å². The van der Waals surface area contributed by atoms with Crippen LogP contribution in [-0.2, 0) is 20.7 Å². The monoisotopic (exact) mass is 635 g/mol. The van der Waals surface area contributed by atoms with Gasteiger partial charge >= 0.3 is 0 Å². The second kappa shape index (κ2) is 17.5. The van der Waals surface area contributed by atoms with Crippen molar-refractivity contribution < 1.29 is 29.0 Å². The molecule has 0 aromatic heterocycles. The lowest BCUT2D eigenvalue weighted by molar-refractivity contribution is -0.132. The summed E-state index contributed by atoms with van der Waals surface area (Å²) in [6.07, 6.45) is 7.39. The maximum atomic E-state index is 14.4. The van der Waals surface area contributed by atoms with Crippen molar-refractivity contribution in [2.75, 3.05) is 38.7 Å². The highest BCUT2D eigenvalue weighted by atomic mass is 16.5. The van der Waals surface area contributed by atoms with Crippen LogP contribution in [0.4, 0.5) is 5.69 Å². The highest BCUT2D eigenvalue weighted by Crippen LogP contribution is 2.30. The van der Waals surface area contributed by atoms with Crippen LogP contribution in [0.25, 0.3) is 0 Å². The van der Waals surface area contributed by atoms with E-state index in [0.29, 0.717) is 43.1 Å². The van der Waals surface area contributed by atoms with Crippen molar-refractivity contribution in [3.05, 3.63) is 59.7 Å². The lowest BCUT2D eigenvalue weighted by Gasteiger charge is -2.36. The summed E-state index contributed by atoms with van der Waals surface area (Å²) < 4.78 is 12.7. The van der Waals surface area contributed by atoms with Gasteiger partial charge in [0.1, 0.15) is 5.75 Å². The summed E-state index contributed by atoms with van der Waals surface area (Å²) in [6.45, 7) is 6.84. The first-order valence-corrected chi connectivity index (χ1v) is 17.1. The molecule has 1 saturated carbocycles. The molecule has 4 atom stereocenters. The second-order valence-corrected chi connectivity index (χ2v) is 13.3. The minimum absolute atomic E-state index is 0.000710. The van der Waals surface area contributed by atoms with Gasteiger partial charge in [0, 0.05) is 44.3 Å². The molecular weight excluding hydrogens is 582 g/mol. The molecule has 1 fully saturated rings. The Kier molecular flexibility index (Phi) is 13.5. The fraction of sp³-hybridized carbons (Fsp3) is 0.595. The van der Waals surface area contributed by atoms with E-state index >= 15 is 0 Å². The Morgan fingerprint density at radius 3 is 2.46 bits per heavy atom. The smallest absolute Gasteiger partial charge is 0.258 e. The maximum Gasteiger partial charge on any atom is 0.258 e. The molecule has 0 saturated heterocycles. The summed E-state index contributed by atoms with van der Waals surface area (Å²) in [4.78, 5) is 43.9. The Morgan fingerprint density at radius 2 is 1.74 bits per heavy atom. The van der Waals surface area contributed by atoms with Crippen LogP contribution in [0, 0.1) is 11.8 Å². The highest BCUT2D eigenvalue weighted by Gasteiger charge is 2.31. The van der Waals surface area contributed by atoms with E-state index in [1.165, 1.54) is 0 Å². The van der Waals surface area contributed by atoms with E-state index in [0.717, 1.165) is 56.9 Å². The third-order valence-corrected chi connectivity index (χ3v) is 9.37. The summed E-state index contributed by atoms with van der Waals surface area (Å²) in [5.41, 5.74) is 1.87. The Hall–Kier alpha value is -3.43. The van der Waals surface area contributed by atoms with E-state index in [1.54, 1.807) is 35.0 Å². The van der Waals surface area contributed by atoms with Crippen LogP contribution < -0.4 is 10.1 Å². The van der Waals surface area contributed by atoms with Crippen LogP contribution in [0.5, 0.6) is 5.75 Å². The number of anilines is 1. The Balaban J connectivity index is 1.58. The van der Waals surface area contributed by atoms with E-state index in [-0.39, 0.29) is 48.4 Å². The zero-order chi connectivity index (χ0) is 33.1. The number of carbonyl (C=O) groups is 3. The SMILES string of the molecule is C[C@H]1CCCCO[C@H](CN(C)C(=O)Cc2ccccc2)[C@@H](C)CN([C@@H](C)CO)C(=O)c2cc(NC(=O)C3CCCCC3)ccc2O1. The maximum absolute atomic E-state index is 14.4. The van der Waals surface area contributed by atoms with Crippen molar-refractivity contribution in [2.45, 2.75) is 96.8 Å². The number of likely N-dealkylation sites (N-methyl/N-ethyl adjacent to an activating group) is 1. The van der Waals surface area contributed by atoms with Gasteiger partial charge in [-0.2, -0.15) is 0 Å². The molecule has 2 aromatic carbocycles.